The number of rotatable bonds is 4. The van der Waals surface area contributed by atoms with E-state index in [1.807, 2.05) is 6.92 Å². The van der Waals surface area contributed by atoms with Crippen LogP contribution in [-0.2, 0) is 6.54 Å². The maximum Gasteiger partial charge on any atom is 0.198 e. The van der Waals surface area contributed by atoms with E-state index in [0.717, 1.165) is 11.3 Å². The highest BCUT2D eigenvalue weighted by molar-refractivity contribution is 6.29. The molecule has 0 aliphatic heterocycles. The minimum atomic E-state index is -0.418. The van der Waals surface area contributed by atoms with Gasteiger partial charge < -0.3 is 14.9 Å². The summed E-state index contributed by atoms with van der Waals surface area (Å²) in [6.07, 6.45) is 3.16. The molecule has 0 aromatic carbocycles. The Labute approximate surface area is 104 Å². The molecule has 0 amide bonds. The molecule has 0 saturated heterocycles. The fourth-order valence-electron chi connectivity index (χ4n) is 1.77. The zero-order chi connectivity index (χ0) is 12.4. The normalized spacial score (nSPS) is 12.7. The second kappa shape index (κ2) is 4.81. The van der Waals surface area contributed by atoms with Gasteiger partial charge in [-0.1, -0.05) is 0 Å². The van der Waals surface area contributed by atoms with E-state index in [9.17, 15) is 0 Å². The van der Waals surface area contributed by atoms with Gasteiger partial charge in [0.05, 0.1) is 25.6 Å². The van der Waals surface area contributed by atoms with Crippen LogP contribution in [0, 0.1) is 0 Å². The number of hydrogen-bond donors (Lipinski definition) is 1. The van der Waals surface area contributed by atoms with Crippen molar-refractivity contribution in [2.45, 2.75) is 19.5 Å². The molecule has 1 atom stereocenters. The fourth-order valence-corrected chi connectivity index (χ4v) is 2.01. The molecule has 0 aliphatic rings. The molecular weight excluding hydrogens is 242 g/mol. The van der Waals surface area contributed by atoms with Gasteiger partial charge in [-0.3, -0.25) is 4.68 Å². The molecule has 0 saturated carbocycles. The van der Waals surface area contributed by atoms with Crippen molar-refractivity contribution in [3.8, 4) is 5.75 Å². The standard InChI is InChI=1S/C11H14ClN3O2/c1-3-15-10(8(16-2)6-14-15)9(13)7-4-5-17-11(7)12/h4-6,9H,3,13H2,1-2H3. The SMILES string of the molecule is CCn1ncc(OC)c1C(N)c1ccoc1Cl. The highest BCUT2D eigenvalue weighted by Gasteiger charge is 2.22. The number of hydrogen-bond acceptors (Lipinski definition) is 4. The second-order valence-corrected chi connectivity index (χ2v) is 3.88. The summed E-state index contributed by atoms with van der Waals surface area (Å²) >= 11 is 5.93. The summed E-state index contributed by atoms with van der Waals surface area (Å²) < 4.78 is 12.1. The van der Waals surface area contributed by atoms with Gasteiger partial charge in [0.1, 0.15) is 5.69 Å². The molecule has 1 unspecified atom stereocenters. The van der Waals surface area contributed by atoms with Crippen LogP contribution in [0.1, 0.15) is 24.2 Å². The Morgan fingerprint density at radius 3 is 2.94 bits per heavy atom. The molecule has 0 radical (unpaired) electrons. The molecule has 0 aliphatic carbocycles. The Morgan fingerprint density at radius 1 is 1.65 bits per heavy atom. The van der Waals surface area contributed by atoms with Gasteiger partial charge in [0.15, 0.2) is 11.0 Å². The van der Waals surface area contributed by atoms with Crippen LogP contribution >= 0.6 is 11.6 Å². The monoisotopic (exact) mass is 255 g/mol. The predicted molar refractivity (Wildman–Crippen MR) is 64.2 cm³/mol. The minimum Gasteiger partial charge on any atom is -0.493 e. The number of methoxy groups -OCH3 is 1. The summed E-state index contributed by atoms with van der Waals surface area (Å²) in [5.74, 6) is 0.650. The summed E-state index contributed by atoms with van der Waals surface area (Å²) in [5.41, 5.74) is 7.69. The van der Waals surface area contributed by atoms with Crippen LogP contribution in [0.15, 0.2) is 22.9 Å². The van der Waals surface area contributed by atoms with E-state index in [0.29, 0.717) is 17.5 Å². The van der Waals surface area contributed by atoms with Gasteiger partial charge in [-0.05, 0) is 24.6 Å². The number of aryl methyl sites for hydroxylation is 1. The number of nitrogens with zero attached hydrogens (tertiary/aromatic N) is 2. The first-order valence-corrected chi connectivity index (χ1v) is 5.65. The number of aromatic nitrogens is 2. The second-order valence-electron chi connectivity index (χ2n) is 3.54. The maximum absolute atomic E-state index is 6.17. The Hall–Kier alpha value is -1.46. The van der Waals surface area contributed by atoms with E-state index in [2.05, 4.69) is 5.10 Å². The maximum atomic E-state index is 6.17. The first-order valence-electron chi connectivity index (χ1n) is 5.27. The molecule has 0 fully saturated rings. The molecule has 0 spiro atoms. The van der Waals surface area contributed by atoms with Gasteiger partial charge in [-0.25, -0.2) is 0 Å². The molecule has 92 valence electrons. The quantitative estimate of drug-likeness (QED) is 0.910. The van der Waals surface area contributed by atoms with Crippen LogP contribution in [0.25, 0.3) is 0 Å². The molecule has 2 rings (SSSR count). The van der Waals surface area contributed by atoms with Crippen molar-refractivity contribution < 1.29 is 9.15 Å². The van der Waals surface area contributed by atoms with E-state index >= 15 is 0 Å². The van der Waals surface area contributed by atoms with Crippen molar-refractivity contribution >= 4 is 11.6 Å². The summed E-state index contributed by atoms with van der Waals surface area (Å²) in [6.45, 7) is 2.70. The molecule has 5 nitrogen and oxygen atoms in total. The highest BCUT2D eigenvalue weighted by Crippen LogP contribution is 2.32. The van der Waals surface area contributed by atoms with Crippen LogP contribution in [0.3, 0.4) is 0 Å². The summed E-state index contributed by atoms with van der Waals surface area (Å²) in [7, 11) is 1.59. The zero-order valence-electron chi connectivity index (χ0n) is 9.68. The lowest BCUT2D eigenvalue weighted by Crippen LogP contribution is -2.17. The van der Waals surface area contributed by atoms with Crippen molar-refractivity contribution in [3.05, 3.63) is 35.0 Å². The van der Waals surface area contributed by atoms with Crippen LogP contribution in [0.2, 0.25) is 5.22 Å². The number of ether oxygens (including phenoxy) is 1. The lowest BCUT2D eigenvalue weighted by Gasteiger charge is -2.14. The third-order valence-corrected chi connectivity index (χ3v) is 2.95. The lowest BCUT2D eigenvalue weighted by molar-refractivity contribution is 0.404. The van der Waals surface area contributed by atoms with Crippen molar-refractivity contribution in [2.24, 2.45) is 5.73 Å². The van der Waals surface area contributed by atoms with E-state index in [1.165, 1.54) is 6.26 Å². The van der Waals surface area contributed by atoms with E-state index in [1.54, 1.807) is 24.1 Å². The van der Waals surface area contributed by atoms with Gasteiger partial charge in [-0.15, -0.1) is 0 Å². The van der Waals surface area contributed by atoms with Crippen LogP contribution in [0.4, 0.5) is 0 Å². The number of nitrogens with two attached hydrogens (primary N) is 1. The van der Waals surface area contributed by atoms with Gasteiger partial charge in [0, 0.05) is 12.1 Å². The van der Waals surface area contributed by atoms with Crippen molar-refractivity contribution in [1.29, 1.82) is 0 Å². The Balaban J connectivity index is 2.45. The zero-order valence-corrected chi connectivity index (χ0v) is 10.4. The Bertz CT molecular complexity index is 485. The lowest BCUT2D eigenvalue weighted by atomic mass is 10.1. The topological polar surface area (TPSA) is 66.2 Å². The van der Waals surface area contributed by atoms with Crippen molar-refractivity contribution in [2.75, 3.05) is 7.11 Å². The fraction of sp³-hybridized carbons (Fsp3) is 0.364. The summed E-state index contributed by atoms with van der Waals surface area (Å²) in [5, 5.41) is 4.50. The summed E-state index contributed by atoms with van der Waals surface area (Å²) in [6, 6.07) is 1.33. The third-order valence-electron chi connectivity index (χ3n) is 2.64. The van der Waals surface area contributed by atoms with Gasteiger partial charge >= 0.3 is 0 Å². The molecule has 2 N–H and O–H groups in total. The van der Waals surface area contributed by atoms with Gasteiger partial charge in [-0.2, -0.15) is 5.10 Å². The van der Waals surface area contributed by atoms with Crippen LogP contribution in [0.5, 0.6) is 5.75 Å². The van der Waals surface area contributed by atoms with Crippen LogP contribution < -0.4 is 10.5 Å². The first-order chi connectivity index (χ1) is 8.19. The van der Waals surface area contributed by atoms with Crippen LogP contribution in [-0.4, -0.2) is 16.9 Å². The Morgan fingerprint density at radius 2 is 2.41 bits per heavy atom. The molecular formula is C11H14ClN3O2. The largest absolute Gasteiger partial charge is 0.493 e. The van der Waals surface area contributed by atoms with Crippen molar-refractivity contribution in [1.82, 2.24) is 9.78 Å². The molecule has 2 heterocycles. The number of halogens is 1. The average Bonchev–Trinajstić information content (AvgIpc) is 2.93. The first kappa shape index (κ1) is 12.0. The molecule has 6 heteroatoms. The van der Waals surface area contributed by atoms with E-state index in [-0.39, 0.29) is 0 Å². The minimum absolute atomic E-state index is 0.295. The molecule has 17 heavy (non-hydrogen) atoms. The van der Waals surface area contributed by atoms with Gasteiger partial charge in [0.2, 0.25) is 0 Å². The highest BCUT2D eigenvalue weighted by atomic mass is 35.5. The molecule has 2 aromatic rings. The number of furan rings is 1. The van der Waals surface area contributed by atoms with E-state index in [4.69, 9.17) is 26.5 Å². The molecule has 0 bridgehead atoms. The summed E-state index contributed by atoms with van der Waals surface area (Å²) in [4.78, 5) is 0. The smallest absolute Gasteiger partial charge is 0.198 e. The molecule has 2 aromatic heterocycles. The van der Waals surface area contributed by atoms with E-state index < -0.39 is 6.04 Å². The predicted octanol–water partition coefficient (Wildman–Crippen LogP) is 2.21. The van der Waals surface area contributed by atoms with Gasteiger partial charge in [0.25, 0.3) is 0 Å². The average molecular weight is 256 g/mol. The van der Waals surface area contributed by atoms with Crippen molar-refractivity contribution in [3.63, 3.8) is 0 Å². The third kappa shape index (κ3) is 2.03. The Kier molecular flexibility index (Phi) is 3.40.